The van der Waals surface area contributed by atoms with Gasteiger partial charge in [-0.1, -0.05) is 24.3 Å². The average molecular weight is 374 g/mol. The highest BCUT2D eigenvalue weighted by molar-refractivity contribution is 6.08. The van der Waals surface area contributed by atoms with E-state index in [2.05, 4.69) is 10.4 Å². The monoisotopic (exact) mass is 374 g/mol. The molecule has 0 atom stereocenters. The molecule has 4 rings (SSSR count). The number of aromatic nitrogens is 3. The minimum Gasteiger partial charge on any atom is -0.497 e. The van der Waals surface area contributed by atoms with Crippen LogP contribution in [0.5, 0.6) is 5.75 Å². The van der Waals surface area contributed by atoms with E-state index in [0.717, 1.165) is 0 Å². The number of carbonyl (C=O) groups excluding carboxylic acids is 1. The summed E-state index contributed by atoms with van der Waals surface area (Å²) in [5.41, 5.74) is 2.01. The number of rotatable bonds is 4. The van der Waals surface area contributed by atoms with Gasteiger partial charge in [-0.15, -0.1) is 0 Å². The molecule has 0 unspecified atom stereocenters. The van der Waals surface area contributed by atoms with Crippen molar-refractivity contribution in [1.82, 2.24) is 14.3 Å². The Labute approximate surface area is 161 Å². The van der Waals surface area contributed by atoms with Crippen molar-refractivity contribution < 1.29 is 9.53 Å². The number of para-hydroxylation sites is 1. The molecule has 0 fully saturated rings. The van der Waals surface area contributed by atoms with E-state index in [9.17, 15) is 9.59 Å². The normalized spacial score (nSPS) is 10.8. The molecule has 2 aliphatic rings. The van der Waals surface area contributed by atoms with E-state index in [1.165, 1.54) is 4.68 Å². The number of nitrogens with zero attached hydrogens (tertiary/aromatic N) is 3. The predicted molar refractivity (Wildman–Crippen MR) is 106 cm³/mol. The minimum absolute atomic E-state index is 0.271. The summed E-state index contributed by atoms with van der Waals surface area (Å²) in [6, 6.07) is 16.2. The molecule has 1 N–H and O–H groups in total. The first-order valence-corrected chi connectivity index (χ1v) is 8.66. The average Bonchev–Trinajstić information content (AvgIpc) is 3.04. The molecule has 7 nitrogen and oxygen atoms in total. The maximum Gasteiger partial charge on any atom is 0.282 e. The van der Waals surface area contributed by atoms with Gasteiger partial charge in [0.25, 0.3) is 11.5 Å². The van der Waals surface area contributed by atoms with Crippen LogP contribution in [0, 0.1) is 0 Å². The van der Waals surface area contributed by atoms with Gasteiger partial charge in [-0.3, -0.25) is 9.59 Å². The second kappa shape index (κ2) is 7.03. The Hall–Kier alpha value is -3.87. The quantitative estimate of drug-likeness (QED) is 0.596. The van der Waals surface area contributed by atoms with Gasteiger partial charge in [0.1, 0.15) is 11.4 Å². The fourth-order valence-corrected chi connectivity index (χ4v) is 3.05. The molecule has 0 spiro atoms. The van der Waals surface area contributed by atoms with Crippen LogP contribution < -0.4 is 15.6 Å². The molecular formula is C21H18N4O3. The number of hydrogen-bond acceptors (Lipinski definition) is 4. The molecule has 7 heteroatoms. The van der Waals surface area contributed by atoms with E-state index in [1.54, 1.807) is 67.5 Å². The van der Waals surface area contributed by atoms with E-state index < -0.39 is 0 Å². The van der Waals surface area contributed by atoms with Crippen LogP contribution in [0.3, 0.4) is 0 Å². The summed E-state index contributed by atoms with van der Waals surface area (Å²) >= 11 is 0. The zero-order chi connectivity index (χ0) is 19.7. The summed E-state index contributed by atoms with van der Waals surface area (Å²) < 4.78 is 8.18. The van der Waals surface area contributed by atoms with Crippen LogP contribution in [0.15, 0.2) is 71.8 Å². The molecule has 0 radical (unpaired) electrons. The highest BCUT2D eigenvalue weighted by Crippen LogP contribution is 2.24. The standard InChI is InChI=1S/C21H18N4O3/c1-24-12-17(20(26)22-14-7-6-10-16(11-14)28-2)19-18(13-24)21(27)25(23-19)15-8-4-3-5-9-15/h3-13H,1-2H3,(H,22,26). The first-order chi connectivity index (χ1) is 13.6. The topological polar surface area (TPSA) is 78.1 Å². The molecule has 0 aliphatic carbocycles. The van der Waals surface area contributed by atoms with Crippen molar-refractivity contribution in [3.8, 4) is 22.7 Å². The number of methoxy groups -OCH3 is 1. The van der Waals surface area contributed by atoms with Gasteiger partial charge in [0.15, 0.2) is 0 Å². The maximum absolute atomic E-state index is 12.9. The molecule has 0 saturated heterocycles. The molecule has 1 amide bonds. The second-order valence-corrected chi connectivity index (χ2v) is 6.34. The highest BCUT2D eigenvalue weighted by Gasteiger charge is 2.24. The van der Waals surface area contributed by atoms with Gasteiger partial charge in [0.05, 0.1) is 23.9 Å². The third-order valence-electron chi connectivity index (χ3n) is 4.37. The van der Waals surface area contributed by atoms with Crippen molar-refractivity contribution in [2.45, 2.75) is 0 Å². The number of hydrogen-bond donors (Lipinski definition) is 1. The van der Waals surface area contributed by atoms with Crippen molar-refractivity contribution in [2.24, 2.45) is 7.05 Å². The number of carbonyl (C=O) groups is 1. The fraction of sp³-hybridized carbons (Fsp3) is 0.0952. The van der Waals surface area contributed by atoms with E-state index in [1.807, 2.05) is 18.2 Å². The Morgan fingerprint density at radius 3 is 2.61 bits per heavy atom. The van der Waals surface area contributed by atoms with Crippen molar-refractivity contribution in [2.75, 3.05) is 12.4 Å². The van der Waals surface area contributed by atoms with Gasteiger partial charge in [0.2, 0.25) is 0 Å². The van der Waals surface area contributed by atoms with Crippen LogP contribution in [0.25, 0.3) is 16.9 Å². The van der Waals surface area contributed by atoms with Crippen molar-refractivity contribution >= 4 is 11.6 Å². The van der Waals surface area contributed by atoms with Crippen molar-refractivity contribution in [3.63, 3.8) is 0 Å². The molecular weight excluding hydrogens is 356 g/mol. The molecule has 140 valence electrons. The maximum atomic E-state index is 12.9. The van der Waals surface area contributed by atoms with Gasteiger partial charge >= 0.3 is 0 Å². The summed E-state index contributed by atoms with van der Waals surface area (Å²) in [5.74, 6) is 0.281. The Kier molecular flexibility index (Phi) is 4.41. The largest absolute Gasteiger partial charge is 0.497 e. The van der Waals surface area contributed by atoms with E-state index in [-0.39, 0.29) is 11.5 Å². The number of nitrogens with one attached hydrogen (secondary N) is 1. The predicted octanol–water partition coefficient (Wildman–Crippen LogP) is 2.94. The minimum atomic E-state index is -0.354. The van der Waals surface area contributed by atoms with Crippen LogP contribution in [0.1, 0.15) is 10.4 Å². The number of benzene rings is 2. The lowest BCUT2D eigenvalue weighted by Gasteiger charge is -2.10. The lowest BCUT2D eigenvalue weighted by atomic mass is 10.1. The van der Waals surface area contributed by atoms with Gasteiger partial charge in [0, 0.05) is 31.2 Å². The summed E-state index contributed by atoms with van der Waals surface area (Å²) in [7, 11) is 3.33. The molecule has 28 heavy (non-hydrogen) atoms. The van der Waals surface area contributed by atoms with Crippen molar-refractivity contribution in [3.05, 3.63) is 82.9 Å². The summed E-state index contributed by atoms with van der Waals surface area (Å²) in [5, 5.41) is 7.26. The Morgan fingerprint density at radius 2 is 1.86 bits per heavy atom. The van der Waals surface area contributed by atoms with Crippen molar-refractivity contribution in [1.29, 1.82) is 0 Å². The third-order valence-corrected chi connectivity index (χ3v) is 4.37. The lowest BCUT2D eigenvalue weighted by molar-refractivity contribution is 0.102. The molecule has 2 aromatic carbocycles. The fourth-order valence-electron chi connectivity index (χ4n) is 3.05. The lowest BCUT2D eigenvalue weighted by Crippen LogP contribution is -2.17. The molecule has 2 heterocycles. The first-order valence-electron chi connectivity index (χ1n) is 8.66. The molecule has 0 aromatic heterocycles. The van der Waals surface area contributed by atoms with Crippen LogP contribution in [0.4, 0.5) is 5.69 Å². The van der Waals surface area contributed by atoms with Crippen LogP contribution in [-0.2, 0) is 7.05 Å². The van der Waals surface area contributed by atoms with E-state index >= 15 is 0 Å². The van der Waals surface area contributed by atoms with Gasteiger partial charge in [-0.05, 0) is 24.3 Å². The number of pyridine rings is 1. The van der Waals surface area contributed by atoms with E-state index in [4.69, 9.17) is 4.74 Å². The van der Waals surface area contributed by atoms with Gasteiger partial charge in [-0.25, -0.2) is 0 Å². The number of fused-ring (bicyclic) bond motifs is 1. The molecule has 2 aliphatic heterocycles. The number of amides is 1. The number of anilines is 1. The smallest absolute Gasteiger partial charge is 0.282 e. The van der Waals surface area contributed by atoms with Crippen LogP contribution >= 0.6 is 0 Å². The Morgan fingerprint density at radius 1 is 1.07 bits per heavy atom. The second-order valence-electron chi connectivity index (χ2n) is 6.34. The van der Waals surface area contributed by atoms with E-state index in [0.29, 0.717) is 33.9 Å². The SMILES string of the molecule is COc1cccc(NC(=O)c2cn(C)cc3c(=O)n(-c4ccccc4)nc2-3)c1. The summed E-state index contributed by atoms with van der Waals surface area (Å²) in [4.78, 5) is 25.8. The molecule has 0 bridgehead atoms. The molecule has 0 saturated carbocycles. The number of ether oxygens (including phenoxy) is 1. The van der Waals surface area contributed by atoms with Crippen LogP contribution in [0.2, 0.25) is 0 Å². The third kappa shape index (κ3) is 3.14. The van der Waals surface area contributed by atoms with Crippen LogP contribution in [-0.4, -0.2) is 27.4 Å². The Bertz CT molecular complexity index is 1180. The summed E-state index contributed by atoms with van der Waals surface area (Å²) in [6.45, 7) is 0. The van der Waals surface area contributed by atoms with Gasteiger partial charge < -0.3 is 14.6 Å². The molecule has 2 aromatic rings. The summed E-state index contributed by atoms with van der Waals surface area (Å²) in [6.07, 6.45) is 3.33. The van der Waals surface area contributed by atoms with Gasteiger partial charge in [-0.2, -0.15) is 9.78 Å². The highest BCUT2D eigenvalue weighted by atomic mass is 16.5. The zero-order valence-electron chi connectivity index (χ0n) is 15.4. The first kappa shape index (κ1) is 17.5. The zero-order valence-corrected chi connectivity index (χ0v) is 15.4. The Balaban J connectivity index is 1.78. The number of aryl methyl sites for hydroxylation is 1.